The van der Waals surface area contributed by atoms with Gasteiger partial charge in [0.15, 0.2) is 0 Å². The standard InChI is InChI=1S/C34H45NS/c1-36(2)19-16-27(17-20-36)28-13-14-33-29(21-28)15-18-35-34(33)32-23-30(25-9-5-3-6-10-25)22-31(24-32)26-11-7-4-8-12-26/h13-15,18,21-27H,3-12,16-17,19-20H2,1-2H3. The molecule has 2 saturated carbocycles. The molecule has 0 atom stereocenters. The van der Waals surface area contributed by atoms with Gasteiger partial charge >= 0.3 is 0 Å². The smallest absolute Gasteiger partial charge is 0.0780 e. The van der Waals surface area contributed by atoms with Crippen LogP contribution in [0.4, 0.5) is 0 Å². The Bertz CT molecular complexity index is 1150. The number of hydrogen-bond acceptors (Lipinski definition) is 1. The normalized spacial score (nSPS) is 23.1. The fraction of sp³-hybridized carbons (Fsp3) is 0.559. The molecule has 0 unspecified atom stereocenters. The number of fused-ring (bicyclic) bond motifs is 1. The maximum atomic E-state index is 5.01. The molecule has 3 aromatic rings. The SMILES string of the molecule is CS1(C)CCC(c2ccc3c(-c4cc(C5CCCCC5)cc(C5CCCCC5)c4)nccc3c2)CC1. The molecular formula is C34H45NS. The summed E-state index contributed by atoms with van der Waals surface area (Å²) < 4.78 is 0. The van der Waals surface area contributed by atoms with Crippen LogP contribution in [0.15, 0.2) is 48.7 Å². The monoisotopic (exact) mass is 499 g/mol. The van der Waals surface area contributed by atoms with E-state index in [1.54, 1.807) is 16.7 Å². The van der Waals surface area contributed by atoms with Crippen molar-refractivity contribution in [3.05, 3.63) is 65.4 Å². The number of pyridine rings is 1. The minimum atomic E-state index is -0.346. The Morgan fingerprint density at radius 2 is 1.19 bits per heavy atom. The van der Waals surface area contributed by atoms with Crippen molar-refractivity contribution in [1.29, 1.82) is 0 Å². The number of nitrogens with zero attached hydrogens (tertiary/aromatic N) is 1. The van der Waals surface area contributed by atoms with Crippen LogP contribution in [0.3, 0.4) is 0 Å². The Balaban J connectivity index is 1.37. The largest absolute Gasteiger partial charge is 0.256 e. The second kappa shape index (κ2) is 10.5. The molecule has 3 fully saturated rings. The molecule has 2 heterocycles. The maximum absolute atomic E-state index is 5.01. The van der Waals surface area contributed by atoms with Crippen molar-refractivity contribution in [1.82, 2.24) is 4.98 Å². The van der Waals surface area contributed by atoms with Crippen molar-refractivity contribution in [3.8, 4) is 11.3 Å². The highest BCUT2D eigenvalue weighted by atomic mass is 32.3. The van der Waals surface area contributed by atoms with Gasteiger partial charge in [-0.15, -0.1) is 0 Å². The first-order valence-electron chi connectivity index (χ1n) is 14.8. The van der Waals surface area contributed by atoms with E-state index in [0.29, 0.717) is 0 Å². The molecule has 3 aliphatic rings. The zero-order chi connectivity index (χ0) is 24.5. The van der Waals surface area contributed by atoms with E-state index < -0.39 is 0 Å². The van der Waals surface area contributed by atoms with Crippen LogP contribution in [0, 0.1) is 0 Å². The van der Waals surface area contributed by atoms with Crippen LogP contribution in [0.1, 0.15) is 111 Å². The summed E-state index contributed by atoms with van der Waals surface area (Å²) in [5, 5.41) is 2.70. The van der Waals surface area contributed by atoms with E-state index in [4.69, 9.17) is 4.98 Å². The average Bonchev–Trinajstić information content (AvgIpc) is 2.93. The minimum Gasteiger partial charge on any atom is -0.256 e. The van der Waals surface area contributed by atoms with E-state index in [1.807, 2.05) is 0 Å². The van der Waals surface area contributed by atoms with Gasteiger partial charge in [0.05, 0.1) is 5.69 Å². The molecule has 0 amide bonds. The molecule has 0 N–H and O–H groups in total. The van der Waals surface area contributed by atoms with Gasteiger partial charge in [-0.2, -0.15) is 0 Å². The van der Waals surface area contributed by atoms with Gasteiger partial charge in [0.1, 0.15) is 0 Å². The van der Waals surface area contributed by atoms with Gasteiger partial charge in [-0.1, -0.05) is 62.8 Å². The molecule has 2 aromatic carbocycles. The molecular weight excluding hydrogens is 454 g/mol. The number of rotatable bonds is 4. The van der Waals surface area contributed by atoms with Gasteiger partial charge < -0.3 is 0 Å². The molecule has 6 rings (SSSR count). The second-order valence-electron chi connectivity index (χ2n) is 12.6. The fourth-order valence-corrected chi connectivity index (χ4v) is 9.39. The van der Waals surface area contributed by atoms with Gasteiger partial charge in [-0.05, 0) is 121 Å². The van der Waals surface area contributed by atoms with Crippen LogP contribution in [0.5, 0.6) is 0 Å². The van der Waals surface area contributed by atoms with Crippen molar-refractivity contribution in [2.45, 2.75) is 94.8 Å². The van der Waals surface area contributed by atoms with Crippen molar-refractivity contribution in [2.24, 2.45) is 0 Å². The van der Waals surface area contributed by atoms with Gasteiger partial charge in [0, 0.05) is 17.1 Å². The molecule has 1 aromatic heterocycles. The number of benzene rings is 2. The van der Waals surface area contributed by atoms with E-state index in [-0.39, 0.29) is 10.0 Å². The van der Waals surface area contributed by atoms with E-state index in [1.165, 1.54) is 111 Å². The number of aromatic nitrogens is 1. The first-order valence-corrected chi connectivity index (χ1v) is 17.6. The Morgan fingerprint density at radius 3 is 1.81 bits per heavy atom. The van der Waals surface area contributed by atoms with Gasteiger partial charge in [0.2, 0.25) is 0 Å². The zero-order valence-electron chi connectivity index (χ0n) is 22.6. The van der Waals surface area contributed by atoms with Crippen LogP contribution >= 0.6 is 10.0 Å². The summed E-state index contributed by atoms with van der Waals surface area (Å²) >= 11 is 0. The summed E-state index contributed by atoms with van der Waals surface area (Å²) in [5.41, 5.74) is 7.29. The summed E-state index contributed by atoms with van der Waals surface area (Å²) in [7, 11) is -0.346. The first-order chi connectivity index (χ1) is 17.6. The lowest BCUT2D eigenvalue weighted by atomic mass is 9.78. The lowest BCUT2D eigenvalue weighted by Crippen LogP contribution is -2.18. The Kier molecular flexibility index (Phi) is 7.17. The Labute approximate surface area is 220 Å². The van der Waals surface area contributed by atoms with E-state index in [2.05, 4.69) is 61.2 Å². The zero-order valence-corrected chi connectivity index (χ0v) is 23.4. The molecule has 2 aliphatic carbocycles. The summed E-state index contributed by atoms with van der Waals surface area (Å²) in [4.78, 5) is 5.01. The van der Waals surface area contributed by atoms with Crippen molar-refractivity contribution < 1.29 is 0 Å². The summed E-state index contributed by atoms with van der Waals surface area (Å²) in [5.74, 6) is 5.06. The van der Waals surface area contributed by atoms with Crippen LogP contribution in [0.2, 0.25) is 0 Å². The van der Waals surface area contributed by atoms with Crippen molar-refractivity contribution >= 4 is 20.8 Å². The molecule has 2 heteroatoms. The second-order valence-corrected chi connectivity index (χ2v) is 17.0. The van der Waals surface area contributed by atoms with Crippen LogP contribution in [-0.2, 0) is 0 Å². The minimum absolute atomic E-state index is 0.346. The molecule has 192 valence electrons. The highest BCUT2D eigenvalue weighted by molar-refractivity contribution is 8.32. The summed E-state index contributed by atoms with van der Waals surface area (Å²) in [6.45, 7) is 0. The van der Waals surface area contributed by atoms with Crippen LogP contribution < -0.4 is 0 Å². The van der Waals surface area contributed by atoms with Crippen LogP contribution in [-0.4, -0.2) is 29.0 Å². The van der Waals surface area contributed by atoms with Crippen molar-refractivity contribution in [3.63, 3.8) is 0 Å². The Hall–Kier alpha value is -1.80. The Morgan fingerprint density at radius 1 is 0.611 bits per heavy atom. The quantitative estimate of drug-likeness (QED) is 0.348. The third-order valence-electron chi connectivity index (χ3n) is 9.70. The molecule has 1 nitrogen and oxygen atoms in total. The summed E-state index contributed by atoms with van der Waals surface area (Å²) in [6.07, 6.45) is 23.7. The fourth-order valence-electron chi connectivity index (χ4n) is 7.34. The third kappa shape index (κ3) is 5.26. The molecule has 0 bridgehead atoms. The van der Waals surface area contributed by atoms with Gasteiger partial charge in [0.25, 0.3) is 0 Å². The maximum Gasteiger partial charge on any atom is 0.0780 e. The lowest BCUT2D eigenvalue weighted by Gasteiger charge is -2.39. The average molecular weight is 500 g/mol. The number of hydrogen-bond donors (Lipinski definition) is 0. The van der Waals surface area contributed by atoms with Crippen LogP contribution in [0.25, 0.3) is 22.0 Å². The highest BCUT2D eigenvalue weighted by Crippen LogP contribution is 2.49. The third-order valence-corrected chi connectivity index (χ3v) is 12.4. The molecule has 0 spiro atoms. The molecule has 1 aliphatic heterocycles. The van der Waals surface area contributed by atoms with E-state index >= 15 is 0 Å². The highest BCUT2D eigenvalue weighted by Gasteiger charge is 2.25. The molecule has 36 heavy (non-hydrogen) atoms. The molecule has 1 saturated heterocycles. The van der Waals surface area contributed by atoms with Gasteiger partial charge in [-0.25, -0.2) is 10.0 Å². The van der Waals surface area contributed by atoms with E-state index in [0.717, 1.165) is 17.8 Å². The lowest BCUT2D eigenvalue weighted by molar-refractivity contribution is 0.435. The van der Waals surface area contributed by atoms with Crippen molar-refractivity contribution in [2.75, 3.05) is 24.0 Å². The molecule has 0 radical (unpaired) electrons. The predicted molar refractivity (Wildman–Crippen MR) is 160 cm³/mol. The summed E-state index contributed by atoms with van der Waals surface area (Å²) in [6, 6.07) is 17.2. The first kappa shape index (κ1) is 24.5. The topological polar surface area (TPSA) is 12.9 Å². The predicted octanol–water partition coefficient (Wildman–Crippen LogP) is 9.94. The van der Waals surface area contributed by atoms with Gasteiger partial charge in [-0.3, -0.25) is 4.98 Å². The van der Waals surface area contributed by atoms with E-state index in [9.17, 15) is 0 Å².